The number of carbonyl (C=O) groups excluding carboxylic acids is 1. The monoisotopic (exact) mass is 746 g/mol. The lowest BCUT2D eigenvalue weighted by molar-refractivity contribution is 0.102. The first-order valence-electron chi connectivity index (χ1n) is 18.0. The lowest BCUT2D eigenvalue weighted by atomic mass is 9.99. The van der Waals surface area contributed by atoms with Gasteiger partial charge in [-0.1, -0.05) is 47.8 Å². The van der Waals surface area contributed by atoms with E-state index in [2.05, 4.69) is 37.6 Å². The van der Waals surface area contributed by atoms with Crippen molar-refractivity contribution in [2.75, 3.05) is 48.8 Å². The van der Waals surface area contributed by atoms with Crippen LogP contribution in [0, 0.1) is 0 Å². The van der Waals surface area contributed by atoms with Crippen LogP contribution < -0.4 is 20.3 Å². The second-order valence-electron chi connectivity index (χ2n) is 13.5. The van der Waals surface area contributed by atoms with Gasteiger partial charge >= 0.3 is 0 Å². The SMILES string of the molecule is COc1cc(N2CCC(N3CCCCC3)CC2)ccc1Nc1nccc(-c2c(-c3cccc(C(=O)Nc4ccc(Cl)cc4Cl)c3)nc3ccccn23)n1. The van der Waals surface area contributed by atoms with Gasteiger partial charge in [-0.15, -0.1) is 0 Å². The molecule has 1 amide bonds. The van der Waals surface area contributed by atoms with Crippen molar-refractivity contribution in [1.29, 1.82) is 0 Å². The van der Waals surface area contributed by atoms with Gasteiger partial charge in [0.25, 0.3) is 5.91 Å². The minimum atomic E-state index is -0.309. The van der Waals surface area contributed by atoms with Crippen LogP contribution in [0.25, 0.3) is 28.3 Å². The molecule has 0 unspecified atom stereocenters. The molecule has 0 bridgehead atoms. The summed E-state index contributed by atoms with van der Waals surface area (Å²) in [7, 11) is 1.69. The number of nitrogens with one attached hydrogen (secondary N) is 2. The molecule has 2 N–H and O–H groups in total. The maximum Gasteiger partial charge on any atom is 0.255 e. The summed E-state index contributed by atoms with van der Waals surface area (Å²) in [5.41, 5.74) is 6.44. The maximum atomic E-state index is 13.3. The molecule has 0 saturated carbocycles. The Labute approximate surface area is 318 Å². The fraction of sp³-hybridized carbons (Fsp3) is 0.268. The zero-order chi connectivity index (χ0) is 36.3. The van der Waals surface area contributed by atoms with Gasteiger partial charge in [-0.3, -0.25) is 9.20 Å². The first-order valence-corrected chi connectivity index (χ1v) is 18.8. The van der Waals surface area contributed by atoms with Gasteiger partial charge in [-0.25, -0.2) is 15.0 Å². The van der Waals surface area contributed by atoms with Crippen molar-refractivity contribution in [2.45, 2.75) is 38.1 Å². The van der Waals surface area contributed by atoms with E-state index >= 15 is 0 Å². The number of benzene rings is 3. The fourth-order valence-corrected chi connectivity index (χ4v) is 7.91. The van der Waals surface area contributed by atoms with Crippen molar-refractivity contribution < 1.29 is 9.53 Å². The highest BCUT2D eigenvalue weighted by Gasteiger charge is 2.26. The Kier molecular flexibility index (Phi) is 10.2. The summed E-state index contributed by atoms with van der Waals surface area (Å²) < 4.78 is 7.86. The average molecular weight is 748 g/mol. The predicted octanol–water partition coefficient (Wildman–Crippen LogP) is 9.22. The molecule has 2 aliphatic heterocycles. The van der Waals surface area contributed by atoms with Gasteiger partial charge in [-0.05, 0) is 99.4 Å². The van der Waals surface area contributed by atoms with Gasteiger partial charge in [0.15, 0.2) is 0 Å². The summed E-state index contributed by atoms with van der Waals surface area (Å²) in [6.07, 6.45) is 10.1. The fourth-order valence-electron chi connectivity index (χ4n) is 7.46. The van der Waals surface area contributed by atoms with E-state index in [1.165, 1.54) is 45.2 Å². The Morgan fingerprint density at radius 3 is 2.49 bits per heavy atom. The summed E-state index contributed by atoms with van der Waals surface area (Å²) in [5, 5.41) is 7.12. The third-order valence-corrected chi connectivity index (χ3v) is 10.7. The number of hydrogen-bond donors (Lipinski definition) is 2. The minimum Gasteiger partial charge on any atom is -0.494 e. The Bertz CT molecular complexity index is 2260. The van der Waals surface area contributed by atoms with Crippen LogP contribution >= 0.6 is 23.2 Å². The third kappa shape index (κ3) is 7.53. The van der Waals surface area contributed by atoms with Crippen LogP contribution in [0.3, 0.4) is 0 Å². The molecule has 8 rings (SSSR count). The summed E-state index contributed by atoms with van der Waals surface area (Å²) in [5.74, 6) is 0.831. The molecule has 5 heterocycles. The average Bonchev–Trinajstić information content (AvgIpc) is 3.60. The van der Waals surface area contributed by atoms with Gasteiger partial charge in [0.1, 0.15) is 11.4 Å². The van der Waals surface area contributed by atoms with Crippen LogP contribution in [0.15, 0.2) is 97.3 Å². The lowest BCUT2D eigenvalue weighted by Gasteiger charge is -2.41. The van der Waals surface area contributed by atoms with Crippen LogP contribution in [-0.4, -0.2) is 69.5 Å². The number of hydrogen-bond acceptors (Lipinski definition) is 8. The predicted molar refractivity (Wildman–Crippen MR) is 213 cm³/mol. The number of halogens is 2. The molecule has 2 aliphatic rings. The highest BCUT2D eigenvalue weighted by atomic mass is 35.5. The molecule has 53 heavy (non-hydrogen) atoms. The molecule has 270 valence electrons. The van der Waals surface area contributed by atoms with Gasteiger partial charge in [0.2, 0.25) is 5.95 Å². The van der Waals surface area contributed by atoms with Crippen molar-refractivity contribution in [2.24, 2.45) is 0 Å². The lowest BCUT2D eigenvalue weighted by Crippen LogP contribution is -2.46. The number of methoxy groups -OCH3 is 1. The first kappa shape index (κ1) is 34.9. The largest absolute Gasteiger partial charge is 0.494 e. The molecule has 3 aromatic heterocycles. The normalized spacial score (nSPS) is 15.4. The van der Waals surface area contributed by atoms with E-state index in [1.807, 2.05) is 59.1 Å². The van der Waals surface area contributed by atoms with E-state index < -0.39 is 0 Å². The molecule has 0 spiro atoms. The second kappa shape index (κ2) is 15.4. The van der Waals surface area contributed by atoms with E-state index in [1.54, 1.807) is 37.6 Å². The molecule has 0 radical (unpaired) electrons. The third-order valence-electron chi connectivity index (χ3n) is 10.2. The summed E-state index contributed by atoms with van der Waals surface area (Å²) in [6.45, 7) is 4.56. The number of fused-ring (bicyclic) bond motifs is 1. The van der Waals surface area contributed by atoms with Crippen LogP contribution in [-0.2, 0) is 0 Å². The second-order valence-corrected chi connectivity index (χ2v) is 14.3. The number of piperidine rings is 2. The Morgan fingerprint density at radius 1 is 0.849 bits per heavy atom. The number of carbonyl (C=O) groups is 1. The van der Waals surface area contributed by atoms with Crippen LogP contribution in [0.5, 0.6) is 5.75 Å². The number of rotatable bonds is 9. The van der Waals surface area contributed by atoms with Crippen molar-refractivity contribution in [3.05, 3.63) is 113 Å². The highest BCUT2D eigenvalue weighted by molar-refractivity contribution is 6.36. The Morgan fingerprint density at radius 2 is 1.68 bits per heavy atom. The number of anilines is 4. The maximum absolute atomic E-state index is 13.3. The van der Waals surface area contributed by atoms with E-state index in [0.717, 1.165) is 47.1 Å². The van der Waals surface area contributed by atoms with E-state index in [0.29, 0.717) is 44.7 Å². The van der Waals surface area contributed by atoms with Crippen LogP contribution in [0.4, 0.5) is 23.0 Å². The zero-order valence-electron chi connectivity index (χ0n) is 29.4. The number of pyridine rings is 1. The molecular formula is C41H40Cl2N8O2. The number of amides is 1. The van der Waals surface area contributed by atoms with Gasteiger partial charge in [-0.2, -0.15) is 0 Å². The molecule has 0 atom stereocenters. The zero-order valence-corrected chi connectivity index (χ0v) is 30.9. The molecule has 2 fully saturated rings. The molecule has 2 saturated heterocycles. The Balaban J connectivity index is 1.04. The van der Waals surface area contributed by atoms with Crippen molar-refractivity contribution in [1.82, 2.24) is 24.3 Å². The molecule has 3 aromatic carbocycles. The number of likely N-dealkylation sites (tertiary alicyclic amines) is 1. The van der Waals surface area contributed by atoms with E-state index in [4.69, 9.17) is 37.9 Å². The minimum absolute atomic E-state index is 0.309. The number of nitrogens with zero attached hydrogens (tertiary/aromatic N) is 6. The van der Waals surface area contributed by atoms with E-state index in [9.17, 15) is 4.79 Å². The molecule has 0 aliphatic carbocycles. The van der Waals surface area contributed by atoms with Gasteiger partial charge in [0.05, 0.1) is 40.6 Å². The molecule has 10 nitrogen and oxygen atoms in total. The highest BCUT2D eigenvalue weighted by Crippen LogP contribution is 2.36. The van der Waals surface area contributed by atoms with Crippen molar-refractivity contribution >= 4 is 57.8 Å². The van der Waals surface area contributed by atoms with Gasteiger partial charge < -0.3 is 25.2 Å². The quantitative estimate of drug-likeness (QED) is 0.151. The first-order chi connectivity index (χ1) is 25.9. The smallest absolute Gasteiger partial charge is 0.255 e. The molecule has 12 heteroatoms. The van der Waals surface area contributed by atoms with Crippen molar-refractivity contribution in [3.63, 3.8) is 0 Å². The standard InChI is InChI=1S/C41H40Cl2N8O2/c1-53-36-26-31(50-22-16-30(17-23-50)49-19-4-2-5-20-49)12-14-34(36)46-41-44-18-15-35(47-41)39-38(48-37-10-3-6-21-51(37)39)27-8-7-9-28(24-27)40(52)45-33-13-11-29(42)25-32(33)43/h3,6-15,18,21,24-26,30H,2,4-5,16-17,19-20,22-23H2,1H3,(H,45,52)(H,44,46,47). The van der Waals surface area contributed by atoms with Gasteiger partial charge in [0, 0.05) is 59.4 Å². The molecule has 6 aromatic rings. The summed E-state index contributed by atoms with van der Waals surface area (Å²) >= 11 is 12.4. The number of ether oxygens (including phenoxy) is 1. The number of aromatic nitrogens is 4. The van der Waals surface area contributed by atoms with Crippen molar-refractivity contribution in [3.8, 4) is 28.4 Å². The Hall–Kier alpha value is -5.16. The summed E-state index contributed by atoms with van der Waals surface area (Å²) in [6, 6.07) is 26.9. The van der Waals surface area contributed by atoms with E-state index in [-0.39, 0.29) is 5.91 Å². The molecular weight excluding hydrogens is 707 g/mol. The number of imidazole rings is 1. The summed E-state index contributed by atoms with van der Waals surface area (Å²) in [4.78, 5) is 33.0. The van der Waals surface area contributed by atoms with Crippen LogP contribution in [0.2, 0.25) is 10.0 Å². The van der Waals surface area contributed by atoms with Crippen LogP contribution in [0.1, 0.15) is 42.5 Å². The topological polar surface area (TPSA) is 99.9 Å².